The van der Waals surface area contributed by atoms with Gasteiger partial charge in [-0.2, -0.15) is 0 Å². The van der Waals surface area contributed by atoms with Crippen molar-refractivity contribution in [2.45, 2.75) is 26.7 Å². The first-order chi connectivity index (χ1) is 13.5. The second-order valence-electron chi connectivity index (χ2n) is 7.97. The Morgan fingerprint density at radius 2 is 1.83 bits per heavy atom. The van der Waals surface area contributed by atoms with E-state index in [4.69, 9.17) is 16.3 Å². The van der Waals surface area contributed by atoms with Gasteiger partial charge in [0.15, 0.2) is 0 Å². The third-order valence-corrected chi connectivity index (χ3v) is 7.64. The lowest BCUT2D eigenvalue weighted by Gasteiger charge is -2.31. The van der Waals surface area contributed by atoms with Crippen molar-refractivity contribution in [3.05, 3.63) is 28.8 Å². The molecule has 0 unspecified atom stereocenters. The molecular weight excluding hydrogens is 420 g/mol. The summed E-state index contributed by atoms with van der Waals surface area (Å²) in [5.74, 6) is -1.74. The minimum absolute atomic E-state index is 0.0162. The molecule has 0 N–H and O–H groups in total. The zero-order valence-electron chi connectivity index (χ0n) is 16.5. The van der Waals surface area contributed by atoms with Crippen LogP contribution in [0.3, 0.4) is 0 Å². The number of carbonyl (C=O) groups is 3. The molecule has 0 radical (unpaired) electrons. The SMILES string of the molecule is COC(=O)C1CCN(C(=O)c2ccc(Cl)c(N3C(=O)C(C)(C)CS3(=O)=O)c2)CC1. The highest BCUT2D eigenvalue weighted by molar-refractivity contribution is 7.94. The van der Waals surface area contributed by atoms with Gasteiger partial charge in [0.1, 0.15) is 0 Å². The molecule has 10 heteroatoms. The first kappa shape index (κ1) is 21.6. The highest BCUT2D eigenvalue weighted by atomic mass is 35.5. The molecular formula is C19H23ClN2O6S. The van der Waals surface area contributed by atoms with Crippen molar-refractivity contribution in [1.29, 1.82) is 0 Å². The van der Waals surface area contributed by atoms with Gasteiger partial charge in [0.25, 0.3) is 5.91 Å². The van der Waals surface area contributed by atoms with E-state index in [0.29, 0.717) is 30.2 Å². The van der Waals surface area contributed by atoms with Gasteiger partial charge in [-0.3, -0.25) is 14.4 Å². The maximum Gasteiger partial charge on any atom is 0.308 e. The average molecular weight is 443 g/mol. The Kier molecular flexibility index (Phi) is 5.66. The zero-order chi connectivity index (χ0) is 21.6. The van der Waals surface area contributed by atoms with E-state index in [1.807, 2.05) is 0 Å². The number of anilines is 1. The predicted octanol–water partition coefficient (Wildman–Crippen LogP) is 2.07. The van der Waals surface area contributed by atoms with Crippen molar-refractivity contribution >= 4 is 45.1 Å². The molecule has 0 spiro atoms. The number of likely N-dealkylation sites (tertiary alicyclic amines) is 1. The minimum atomic E-state index is -3.88. The van der Waals surface area contributed by atoms with E-state index in [0.717, 1.165) is 0 Å². The van der Waals surface area contributed by atoms with E-state index in [2.05, 4.69) is 0 Å². The number of halogens is 1. The number of rotatable bonds is 3. The predicted molar refractivity (Wildman–Crippen MR) is 107 cm³/mol. The number of esters is 1. The van der Waals surface area contributed by atoms with Gasteiger partial charge in [0.2, 0.25) is 15.9 Å². The number of sulfonamides is 1. The molecule has 0 bridgehead atoms. The molecule has 2 aliphatic rings. The number of piperidine rings is 1. The molecule has 2 saturated heterocycles. The van der Waals surface area contributed by atoms with E-state index >= 15 is 0 Å². The highest BCUT2D eigenvalue weighted by Crippen LogP contribution is 2.39. The molecule has 1 aromatic carbocycles. The fourth-order valence-corrected chi connectivity index (χ4v) is 6.08. The topological polar surface area (TPSA) is 101 Å². The first-order valence-corrected chi connectivity index (χ1v) is 11.2. The smallest absolute Gasteiger partial charge is 0.308 e. The van der Waals surface area contributed by atoms with Crippen LogP contribution < -0.4 is 4.31 Å². The number of benzene rings is 1. The van der Waals surface area contributed by atoms with E-state index in [1.165, 1.54) is 25.3 Å². The summed E-state index contributed by atoms with van der Waals surface area (Å²) in [5, 5.41) is 0.0700. The number of ether oxygens (including phenoxy) is 1. The van der Waals surface area contributed by atoms with Gasteiger partial charge >= 0.3 is 5.97 Å². The van der Waals surface area contributed by atoms with Crippen LogP contribution in [0.4, 0.5) is 5.69 Å². The van der Waals surface area contributed by atoms with Crippen molar-refractivity contribution in [2.24, 2.45) is 11.3 Å². The van der Waals surface area contributed by atoms with Crippen LogP contribution in [0.1, 0.15) is 37.0 Å². The van der Waals surface area contributed by atoms with E-state index in [9.17, 15) is 22.8 Å². The molecule has 2 amide bonds. The molecule has 0 aromatic heterocycles. The van der Waals surface area contributed by atoms with Gasteiger partial charge < -0.3 is 9.64 Å². The molecule has 0 saturated carbocycles. The summed E-state index contributed by atoms with van der Waals surface area (Å²) in [4.78, 5) is 38.8. The zero-order valence-corrected chi connectivity index (χ0v) is 18.0. The Hall–Kier alpha value is -2.13. The number of amides is 2. The van der Waals surface area contributed by atoms with Crippen LogP contribution in [-0.2, 0) is 24.3 Å². The standard InChI is InChI=1S/C19H23ClN2O6S/c1-19(2)11-29(26,27)22(18(19)25)15-10-13(4-5-14(15)20)16(23)21-8-6-12(7-9-21)17(24)28-3/h4-5,10,12H,6-9,11H2,1-3H3. The third kappa shape index (κ3) is 3.98. The Morgan fingerprint density at radius 1 is 1.21 bits per heavy atom. The first-order valence-electron chi connectivity index (χ1n) is 9.22. The molecule has 0 atom stereocenters. The molecule has 3 rings (SSSR count). The molecule has 0 aliphatic carbocycles. The summed E-state index contributed by atoms with van der Waals surface area (Å²) in [5.41, 5.74) is -0.857. The number of carbonyl (C=O) groups excluding carboxylic acids is 3. The molecule has 2 aliphatic heterocycles. The van der Waals surface area contributed by atoms with Crippen molar-refractivity contribution < 1.29 is 27.5 Å². The monoisotopic (exact) mass is 442 g/mol. The van der Waals surface area contributed by atoms with Crippen molar-refractivity contribution in [2.75, 3.05) is 30.3 Å². The van der Waals surface area contributed by atoms with Crippen molar-refractivity contribution in [3.8, 4) is 0 Å². The van der Waals surface area contributed by atoms with Gasteiger partial charge in [-0.1, -0.05) is 11.6 Å². The normalized spacial score (nSPS) is 21.3. The fourth-order valence-electron chi connectivity index (χ4n) is 3.71. The highest BCUT2D eigenvalue weighted by Gasteiger charge is 2.50. The maximum atomic E-state index is 12.9. The van der Waals surface area contributed by atoms with Crippen LogP contribution in [-0.4, -0.2) is 57.1 Å². The van der Waals surface area contributed by atoms with Crippen LogP contribution in [0.5, 0.6) is 0 Å². The second-order valence-corrected chi connectivity index (χ2v) is 10.2. The Morgan fingerprint density at radius 3 is 2.34 bits per heavy atom. The molecule has 2 fully saturated rings. The van der Waals surface area contributed by atoms with Gasteiger partial charge in [-0.05, 0) is 44.9 Å². The molecule has 8 nitrogen and oxygen atoms in total. The summed E-state index contributed by atoms with van der Waals surface area (Å²) < 4.78 is 30.6. The van der Waals surface area contributed by atoms with E-state index < -0.39 is 21.3 Å². The molecule has 1 aromatic rings. The lowest BCUT2D eigenvalue weighted by atomic mass is 9.95. The number of nitrogens with zero attached hydrogens (tertiary/aromatic N) is 2. The quantitative estimate of drug-likeness (QED) is 0.664. The largest absolute Gasteiger partial charge is 0.469 e. The lowest BCUT2D eigenvalue weighted by molar-refractivity contribution is -0.146. The van der Waals surface area contributed by atoms with Gasteiger partial charge in [0.05, 0.1) is 34.9 Å². The van der Waals surface area contributed by atoms with E-state index in [1.54, 1.807) is 18.7 Å². The van der Waals surface area contributed by atoms with Crippen molar-refractivity contribution in [1.82, 2.24) is 4.90 Å². The summed E-state index contributed by atoms with van der Waals surface area (Å²) >= 11 is 6.19. The lowest BCUT2D eigenvalue weighted by Crippen LogP contribution is -2.40. The van der Waals surface area contributed by atoms with Gasteiger partial charge in [0, 0.05) is 18.7 Å². The second kappa shape index (κ2) is 7.60. The molecule has 29 heavy (non-hydrogen) atoms. The van der Waals surface area contributed by atoms with Crippen LogP contribution in [0, 0.1) is 11.3 Å². The number of hydrogen-bond donors (Lipinski definition) is 0. The van der Waals surface area contributed by atoms with Crippen LogP contribution in [0.25, 0.3) is 0 Å². The van der Waals surface area contributed by atoms with Crippen LogP contribution in [0.15, 0.2) is 18.2 Å². The Bertz CT molecular complexity index is 967. The van der Waals surface area contributed by atoms with E-state index in [-0.39, 0.29) is 39.8 Å². The Labute approximate surface area is 174 Å². The van der Waals surface area contributed by atoms with Gasteiger partial charge in [-0.15, -0.1) is 0 Å². The summed E-state index contributed by atoms with van der Waals surface area (Å²) in [6.07, 6.45) is 0.984. The summed E-state index contributed by atoms with van der Waals surface area (Å²) in [7, 11) is -2.55. The Balaban J connectivity index is 1.86. The number of methoxy groups -OCH3 is 1. The average Bonchev–Trinajstić information content (AvgIpc) is 2.84. The minimum Gasteiger partial charge on any atom is -0.469 e. The number of hydrogen-bond acceptors (Lipinski definition) is 6. The fraction of sp³-hybridized carbons (Fsp3) is 0.526. The van der Waals surface area contributed by atoms with Crippen LogP contribution >= 0.6 is 11.6 Å². The summed E-state index contributed by atoms with van der Waals surface area (Å²) in [6.45, 7) is 3.87. The van der Waals surface area contributed by atoms with Gasteiger partial charge in [-0.25, -0.2) is 12.7 Å². The molecule has 2 heterocycles. The third-order valence-electron chi connectivity index (χ3n) is 5.31. The molecule has 158 valence electrons. The summed E-state index contributed by atoms with van der Waals surface area (Å²) in [6, 6.07) is 4.26. The van der Waals surface area contributed by atoms with Crippen LogP contribution in [0.2, 0.25) is 5.02 Å². The maximum absolute atomic E-state index is 12.9. The van der Waals surface area contributed by atoms with Crippen molar-refractivity contribution in [3.63, 3.8) is 0 Å².